The van der Waals surface area contributed by atoms with Crippen LogP contribution in [0.2, 0.25) is 0 Å². The molecule has 1 saturated heterocycles. The molecule has 0 aromatic carbocycles. The van der Waals surface area contributed by atoms with E-state index in [9.17, 15) is 0 Å². The zero-order valence-electron chi connectivity index (χ0n) is 12.2. The lowest BCUT2D eigenvalue weighted by molar-refractivity contribution is 0.137. The highest BCUT2D eigenvalue weighted by atomic mass is 79.9. The van der Waals surface area contributed by atoms with Gasteiger partial charge in [0.15, 0.2) is 0 Å². The Balaban J connectivity index is 1.61. The van der Waals surface area contributed by atoms with E-state index in [4.69, 9.17) is 4.42 Å². The van der Waals surface area contributed by atoms with E-state index in [0.717, 1.165) is 41.1 Å². The molecule has 1 aliphatic heterocycles. The molecule has 3 heterocycles. The van der Waals surface area contributed by atoms with Crippen molar-refractivity contribution in [3.63, 3.8) is 0 Å². The summed E-state index contributed by atoms with van der Waals surface area (Å²) >= 11 is 5.05. The summed E-state index contributed by atoms with van der Waals surface area (Å²) in [6.07, 6.45) is 2.28. The second-order valence-electron chi connectivity index (χ2n) is 5.69. The van der Waals surface area contributed by atoms with Crippen LogP contribution in [0.3, 0.4) is 0 Å². The van der Waals surface area contributed by atoms with Gasteiger partial charge in [-0.15, -0.1) is 21.5 Å². The summed E-state index contributed by atoms with van der Waals surface area (Å²) < 4.78 is 6.84. The number of halogens is 1. The average molecular weight is 371 g/mol. The Hall–Kier alpha value is -0.760. The lowest BCUT2D eigenvalue weighted by atomic mass is 9.90. The molecule has 3 rings (SSSR count). The smallest absolute Gasteiger partial charge is 0.257 e. The number of hydrogen-bond donors (Lipinski definition) is 1. The number of rotatable bonds is 4. The van der Waals surface area contributed by atoms with Crippen LogP contribution in [0.5, 0.6) is 0 Å². The predicted octanol–water partition coefficient (Wildman–Crippen LogP) is 3.13. The molecule has 0 radical (unpaired) electrons. The fourth-order valence-corrected chi connectivity index (χ4v) is 3.80. The van der Waals surface area contributed by atoms with Crippen LogP contribution in [0.1, 0.15) is 25.7 Å². The highest BCUT2D eigenvalue weighted by Crippen LogP contribution is 2.30. The summed E-state index contributed by atoms with van der Waals surface area (Å²) in [6.45, 7) is 5.13. The topological polar surface area (TPSA) is 54.2 Å². The van der Waals surface area contributed by atoms with Gasteiger partial charge in [0.05, 0.1) is 15.2 Å². The van der Waals surface area contributed by atoms with Crippen LogP contribution >= 0.6 is 27.3 Å². The van der Waals surface area contributed by atoms with E-state index in [1.807, 2.05) is 19.2 Å². The summed E-state index contributed by atoms with van der Waals surface area (Å²) in [7, 11) is 2.04. The maximum absolute atomic E-state index is 5.77. The molecular weight excluding hydrogens is 352 g/mol. The first-order valence-electron chi connectivity index (χ1n) is 7.07. The van der Waals surface area contributed by atoms with E-state index in [1.54, 1.807) is 11.3 Å². The lowest BCUT2D eigenvalue weighted by Gasteiger charge is -2.38. The normalized spacial score (nSPS) is 19.0. The van der Waals surface area contributed by atoms with Gasteiger partial charge >= 0.3 is 0 Å². The number of likely N-dealkylation sites (tertiary alicyclic amines) is 1. The summed E-state index contributed by atoms with van der Waals surface area (Å²) in [5.74, 6) is 1.31. The number of hydrogen-bond acceptors (Lipinski definition) is 6. The van der Waals surface area contributed by atoms with Crippen LogP contribution in [0.4, 0.5) is 0 Å². The lowest BCUT2D eigenvalue weighted by Crippen LogP contribution is -2.49. The molecule has 114 valence electrons. The van der Waals surface area contributed by atoms with E-state index in [1.165, 1.54) is 0 Å². The molecule has 1 N–H and O–H groups in total. The molecule has 21 heavy (non-hydrogen) atoms. The standard InChI is InChI=1S/C14H19BrN4OS/c1-14(16-2)5-7-19(8-6-14)9-12-17-18-13(20-12)10-3-4-11(15)21-10/h3-4,16H,5-9H2,1-2H3. The molecule has 7 heteroatoms. The molecule has 0 bridgehead atoms. The predicted molar refractivity (Wildman–Crippen MR) is 87.3 cm³/mol. The highest BCUT2D eigenvalue weighted by molar-refractivity contribution is 9.11. The van der Waals surface area contributed by atoms with Gasteiger partial charge in [-0.1, -0.05) is 0 Å². The fourth-order valence-electron chi connectivity index (χ4n) is 2.49. The van der Waals surface area contributed by atoms with Crippen molar-refractivity contribution in [3.8, 4) is 10.8 Å². The van der Waals surface area contributed by atoms with Crippen molar-refractivity contribution in [3.05, 3.63) is 21.8 Å². The van der Waals surface area contributed by atoms with Gasteiger partial charge in [-0.25, -0.2) is 0 Å². The quantitative estimate of drug-likeness (QED) is 0.895. The minimum Gasteiger partial charge on any atom is -0.419 e. The van der Waals surface area contributed by atoms with Crippen LogP contribution in [-0.4, -0.2) is 40.8 Å². The maximum atomic E-state index is 5.77. The van der Waals surface area contributed by atoms with Gasteiger partial charge in [-0.2, -0.15) is 0 Å². The van der Waals surface area contributed by atoms with E-state index in [2.05, 4.69) is 43.3 Å². The highest BCUT2D eigenvalue weighted by Gasteiger charge is 2.28. The third-order valence-electron chi connectivity index (χ3n) is 4.17. The summed E-state index contributed by atoms with van der Waals surface area (Å²) in [5.41, 5.74) is 0.264. The molecule has 0 amide bonds. The van der Waals surface area contributed by atoms with Gasteiger partial charge in [0, 0.05) is 18.6 Å². The molecule has 0 spiro atoms. The first-order valence-corrected chi connectivity index (χ1v) is 8.68. The van der Waals surface area contributed by atoms with Crippen molar-refractivity contribution in [2.24, 2.45) is 0 Å². The van der Waals surface area contributed by atoms with Crippen LogP contribution < -0.4 is 5.32 Å². The molecule has 0 saturated carbocycles. The Kier molecular flexibility index (Phi) is 4.44. The number of piperidine rings is 1. The summed E-state index contributed by atoms with van der Waals surface area (Å²) in [5, 5.41) is 11.7. The van der Waals surface area contributed by atoms with Crippen molar-refractivity contribution in [2.75, 3.05) is 20.1 Å². The van der Waals surface area contributed by atoms with Gasteiger partial charge in [0.1, 0.15) is 0 Å². The first-order chi connectivity index (χ1) is 10.1. The van der Waals surface area contributed by atoms with E-state index >= 15 is 0 Å². The molecule has 1 fully saturated rings. The van der Waals surface area contributed by atoms with Crippen LogP contribution in [0.25, 0.3) is 10.8 Å². The van der Waals surface area contributed by atoms with E-state index in [-0.39, 0.29) is 5.54 Å². The van der Waals surface area contributed by atoms with Crippen LogP contribution in [0.15, 0.2) is 20.3 Å². The molecule has 2 aromatic heterocycles. The van der Waals surface area contributed by atoms with Gasteiger partial charge < -0.3 is 9.73 Å². The largest absolute Gasteiger partial charge is 0.419 e. The SMILES string of the molecule is CNC1(C)CCN(Cc2nnc(-c3ccc(Br)s3)o2)CC1. The fraction of sp³-hybridized carbons (Fsp3) is 0.571. The molecule has 0 unspecified atom stereocenters. The number of thiophene rings is 1. The minimum absolute atomic E-state index is 0.264. The Morgan fingerprint density at radius 1 is 1.38 bits per heavy atom. The molecule has 2 aromatic rings. The third kappa shape index (κ3) is 3.53. The Bertz CT molecular complexity index is 604. The first kappa shape index (κ1) is 15.1. The van der Waals surface area contributed by atoms with Gasteiger partial charge in [0.25, 0.3) is 5.89 Å². The van der Waals surface area contributed by atoms with Crippen molar-refractivity contribution in [1.82, 2.24) is 20.4 Å². The number of aromatic nitrogens is 2. The van der Waals surface area contributed by atoms with Crippen molar-refractivity contribution in [2.45, 2.75) is 31.8 Å². The molecule has 5 nitrogen and oxygen atoms in total. The Morgan fingerprint density at radius 2 is 2.14 bits per heavy atom. The van der Waals surface area contributed by atoms with E-state index in [0.29, 0.717) is 11.8 Å². The van der Waals surface area contributed by atoms with E-state index < -0.39 is 0 Å². The molecular formula is C14H19BrN4OS. The summed E-state index contributed by atoms with van der Waals surface area (Å²) in [4.78, 5) is 3.38. The number of nitrogens with zero attached hydrogens (tertiary/aromatic N) is 3. The maximum Gasteiger partial charge on any atom is 0.257 e. The van der Waals surface area contributed by atoms with Crippen molar-refractivity contribution >= 4 is 27.3 Å². The van der Waals surface area contributed by atoms with Crippen LogP contribution in [0, 0.1) is 0 Å². The number of nitrogens with one attached hydrogen (secondary N) is 1. The summed E-state index contributed by atoms with van der Waals surface area (Å²) in [6, 6.07) is 3.98. The van der Waals surface area contributed by atoms with Gasteiger partial charge in [0.2, 0.25) is 5.89 Å². The minimum atomic E-state index is 0.264. The zero-order valence-corrected chi connectivity index (χ0v) is 14.6. The molecule has 0 atom stereocenters. The third-order valence-corrected chi connectivity index (χ3v) is 5.78. The Labute approximate surface area is 136 Å². The zero-order chi connectivity index (χ0) is 14.9. The monoisotopic (exact) mass is 370 g/mol. The average Bonchev–Trinajstić information content (AvgIpc) is 3.11. The van der Waals surface area contributed by atoms with Crippen LogP contribution in [-0.2, 0) is 6.54 Å². The second-order valence-corrected chi connectivity index (χ2v) is 8.15. The van der Waals surface area contributed by atoms with Gasteiger partial charge in [-0.3, -0.25) is 4.90 Å². The second kappa shape index (κ2) is 6.16. The van der Waals surface area contributed by atoms with Crippen molar-refractivity contribution < 1.29 is 4.42 Å². The van der Waals surface area contributed by atoms with Gasteiger partial charge in [-0.05, 0) is 54.9 Å². The molecule has 0 aliphatic carbocycles. The molecule has 1 aliphatic rings. The Morgan fingerprint density at radius 3 is 2.76 bits per heavy atom. The van der Waals surface area contributed by atoms with Crippen molar-refractivity contribution in [1.29, 1.82) is 0 Å².